The fourth-order valence-electron chi connectivity index (χ4n) is 1.65. The van der Waals surface area contributed by atoms with Crippen molar-refractivity contribution in [1.29, 1.82) is 0 Å². The predicted octanol–water partition coefficient (Wildman–Crippen LogP) is 3.27. The molecule has 0 aliphatic heterocycles. The Morgan fingerprint density at radius 3 is 2.72 bits per heavy atom. The molecule has 5 heteroatoms. The molecule has 18 heavy (non-hydrogen) atoms. The minimum atomic E-state index is -0.820. The van der Waals surface area contributed by atoms with E-state index in [1.54, 1.807) is 6.07 Å². The molecule has 0 saturated carbocycles. The maximum absolute atomic E-state index is 13.4. The molecule has 0 unspecified atom stereocenters. The number of carbonyl (C=O) groups is 1. The van der Waals surface area contributed by atoms with Crippen molar-refractivity contribution in [3.8, 4) is 0 Å². The predicted molar refractivity (Wildman–Crippen MR) is 71.9 cm³/mol. The lowest BCUT2D eigenvalue weighted by Crippen LogP contribution is -2.32. The van der Waals surface area contributed by atoms with Gasteiger partial charge in [0.05, 0.1) is 10.9 Å². The third-order valence-corrected chi connectivity index (χ3v) is 3.64. The largest absolute Gasteiger partial charge is 0.481 e. The van der Waals surface area contributed by atoms with E-state index in [1.807, 2.05) is 24.8 Å². The first-order chi connectivity index (χ1) is 8.41. The zero-order valence-electron chi connectivity index (χ0n) is 10.5. The van der Waals surface area contributed by atoms with Crippen LogP contribution in [0.15, 0.2) is 22.7 Å². The number of halogens is 2. The lowest BCUT2D eigenvalue weighted by atomic mass is 10.1. The Bertz CT molecular complexity index is 423. The Balaban J connectivity index is 2.77. The van der Waals surface area contributed by atoms with Crippen LogP contribution in [-0.4, -0.2) is 28.6 Å². The number of rotatable bonds is 6. The van der Waals surface area contributed by atoms with Gasteiger partial charge in [0.15, 0.2) is 0 Å². The van der Waals surface area contributed by atoms with Crippen molar-refractivity contribution in [3.05, 3.63) is 34.1 Å². The second kappa shape index (κ2) is 6.85. The average Bonchev–Trinajstić information content (AvgIpc) is 2.29. The normalized spacial score (nSPS) is 11.2. The van der Waals surface area contributed by atoms with Crippen molar-refractivity contribution in [2.24, 2.45) is 0 Å². The molecular formula is C13H17BrFNO2. The molecule has 0 bridgehead atoms. The molecule has 0 aliphatic rings. The van der Waals surface area contributed by atoms with Crippen molar-refractivity contribution < 1.29 is 14.3 Å². The molecule has 3 nitrogen and oxygen atoms in total. The second-order valence-electron chi connectivity index (χ2n) is 4.42. The Morgan fingerprint density at radius 1 is 1.50 bits per heavy atom. The smallest absolute Gasteiger partial charge is 0.304 e. The Labute approximate surface area is 115 Å². The highest BCUT2D eigenvalue weighted by molar-refractivity contribution is 9.10. The van der Waals surface area contributed by atoms with Crippen molar-refractivity contribution in [2.45, 2.75) is 32.9 Å². The lowest BCUT2D eigenvalue weighted by molar-refractivity contribution is -0.137. The molecule has 0 fully saturated rings. The number of hydrogen-bond acceptors (Lipinski definition) is 2. The summed E-state index contributed by atoms with van der Waals surface area (Å²) in [7, 11) is 0. The molecule has 0 radical (unpaired) electrons. The van der Waals surface area contributed by atoms with Gasteiger partial charge >= 0.3 is 5.97 Å². The van der Waals surface area contributed by atoms with Crippen molar-refractivity contribution in [3.63, 3.8) is 0 Å². The summed E-state index contributed by atoms with van der Waals surface area (Å²) in [6, 6.07) is 5.10. The summed E-state index contributed by atoms with van der Waals surface area (Å²) < 4.78 is 13.8. The number of aliphatic carboxylic acids is 1. The summed E-state index contributed by atoms with van der Waals surface area (Å²) in [5.74, 6) is -1.12. The number of benzene rings is 1. The monoisotopic (exact) mass is 317 g/mol. The van der Waals surface area contributed by atoms with Crippen LogP contribution >= 0.6 is 15.9 Å². The zero-order valence-corrected chi connectivity index (χ0v) is 12.1. The van der Waals surface area contributed by atoms with Crippen molar-refractivity contribution in [1.82, 2.24) is 4.90 Å². The number of nitrogens with zero attached hydrogens (tertiary/aromatic N) is 1. The summed E-state index contributed by atoms with van der Waals surface area (Å²) in [4.78, 5) is 12.6. The van der Waals surface area contributed by atoms with Gasteiger partial charge in [-0.25, -0.2) is 4.39 Å². The van der Waals surface area contributed by atoms with Crippen LogP contribution in [0.3, 0.4) is 0 Å². The molecule has 1 rings (SSSR count). The van der Waals surface area contributed by atoms with Crippen LogP contribution in [0.25, 0.3) is 0 Å². The molecule has 1 aromatic rings. The van der Waals surface area contributed by atoms with Crippen LogP contribution in [0, 0.1) is 5.82 Å². The van der Waals surface area contributed by atoms with Crippen LogP contribution in [0.4, 0.5) is 4.39 Å². The van der Waals surface area contributed by atoms with E-state index >= 15 is 0 Å². The Morgan fingerprint density at radius 2 is 2.17 bits per heavy atom. The summed E-state index contributed by atoms with van der Waals surface area (Å²) in [5.41, 5.74) is 0.828. The first kappa shape index (κ1) is 15.1. The number of hydrogen-bond donors (Lipinski definition) is 1. The maximum Gasteiger partial charge on any atom is 0.304 e. The summed E-state index contributed by atoms with van der Waals surface area (Å²) in [6.07, 6.45) is 0.0884. The fourth-order valence-corrected chi connectivity index (χ4v) is 2.04. The highest BCUT2D eigenvalue weighted by Gasteiger charge is 2.14. The van der Waals surface area contributed by atoms with Crippen molar-refractivity contribution >= 4 is 21.9 Å². The maximum atomic E-state index is 13.4. The highest BCUT2D eigenvalue weighted by atomic mass is 79.9. The van der Waals surface area contributed by atoms with E-state index in [0.717, 1.165) is 5.56 Å². The quantitative estimate of drug-likeness (QED) is 0.875. The van der Waals surface area contributed by atoms with E-state index in [2.05, 4.69) is 15.9 Å². The van der Waals surface area contributed by atoms with Crippen LogP contribution < -0.4 is 0 Å². The lowest BCUT2D eigenvalue weighted by Gasteiger charge is -2.26. The van der Waals surface area contributed by atoms with E-state index in [-0.39, 0.29) is 18.3 Å². The van der Waals surface area contributed by atoms with Gasteiger partial charge in [0, 0.05) is 19.1 Å². The Hall–Kier alpha value is -0.940. The second-order valence-corrected chi connectivity index (χ2v) is 5.21. The molecule has 0 aliphatic carbocycles. The molecule has 1 aromatic carbocycles. The first-order valence-electron chi connectivity index (χ1n) is 5.80. The van der Waals surface area contributed by atoms with Crippen LogP contribution in [-0.2, 0) is 11.3 Å². The minimum absolute atomic E-state index is 0.0884. The SMILES string of the molecule is CC(C)N(CCC(=O)O)Cc1cccc(F)c1Br. The molecule has 0 atom stereocenters. The van der Waals surface area contributed by atoms with Gasteiger partial charge in [-0.1, -0.05) is 12.1 Å². The zero-order chi connectivity index (χ0) is 13.7. The molecular weight excluding hydrogens is 301 g/mol. The van der Waals surface area contributed by atoms with Gasteiger partial charge in [-0.3, -0.25) is 9.69 Å². The molecule has 0 amide bonds. The van der Waals surface area contributed by atoms with Crippen LogP contribution in [0.2, 0.25) is 0 Å². The van der Waals surface area contributed by atoms with Gasteiger partial charge in [-0.15, -0.1) is 0 Å². The van der Waals surface area contributed by atoms with Gasteiger partial charge in [0.1, 0.15) is 5.82 Å². The minimum Gasteiger partial charge on any atom is -0.481 e. The van der Waals surface area contributed by atoms with E-state index in [1.165, 1.54) is 6.07 Å². The highest BCUT2D eigenvalue weighted by Crippen LogP contribution is 2.22. The molecule has 0 saturated heterocycles. The number of carboxylic acid groups (broad SMARTS) is 1. The summed E-state index contributed by atoms with van der Waals surface area (Å²) in [6.45, 7) is 4.98. The van der Waals surface area contributed by atoms with Crippen LogP contribution in [0.5, 0.6) is 0 Å². The standard InChI is InChI=1S/C13H17BrFNO2/c1-9(2)16(7-6-12(17)18)8-10-4-3-5-11(15)13(10)14/h3-5,9H,6-8H2,1-2H3,(H,17,18). The summed E-state index contributed by atoms with van der Waals surface area (Å²) >= 11 is 3.22. The van der Waals surface area contributed by atoms with Gasteiger partial charge in [-0.2, -0.15) is 0 Å². The first-order valence-corrected chi connectivity index (χ1v) is 6.60. The van der Waals surface area contributed by atoms with E-state index in [0.29, 0.717) is 17.6 Å². The molecule has 0 heterocycles. The van der Waals surface area contributed by atoms with Crippen molar-refractivity contribution in [2.75, 3.05) is 6.54 Å². The third kappa shape index (κ3) is 4.38. The topological polar surface area (TPSA) is 40.5 Å². The summed E-state index contributed by atoms with van der Waals surface area (Å²) in [5, 5.41) is 8.71. The number of carboxylic acids is 1. The van der Waals surface area contributed by atoms with E-state index < -0.39 is 5.97 Å². The molecule has 1 N–H and O–H groups in total. The fraction of sp³-hybridized carbons (Fsp3) is 0.462. The average molecular weight is 318 g/mol. The third-order valence-electron chi connectivity index (χ3n) is 2.75. The van der Waals surface area contributed by atoms with E-state index in [4.69, 9.17) is 5.11 Å². The van der Waals surface area contributed by atoms with Gasteiger partial charge < -0.3 is 5.11 Å². The molecule has 100 valence electrons. The van der Waals surface area contributed by atoms with Crippen LogP contribution in [0.1, 0.15) is 25.8 Å². The molecule has 0 spiro atoms. The van der Waals surface area contributed by atoms with E-state index in [9.17, 15) is 9.18 Å². The van der Waals surface area contributed by atoms with Gasteiger partial charge in [0.2, 0.25) is 0 Å². The van der Waals surface area contributed by atoms with Gasteiger partial charge in [-0.05, 0) is 41.4 Å². The van der Waals surface area contributed by atoms with Gasteiger partial charge in [0.25, 0.3) is 0 Å². The molecule has 0 aromatic heterocycles. The Kier molecular flexibility index (Phi) is 5.75.